The van der Waals surface area contributed by atoms with Crippen molar-refractivity contribution in [2.45, 2.75) is 86.2 Å². The maximum Gasteiger partial charge on any atom is 0.408 e. The Hall–Kier alpha value is -3.63. The molecule has 0 spiro atoms. The van der Waals surface area contributed by atoms with Gasteiger partial charge in [-0.1, -0.05) is 85.7 Å². The summed E-state index contributed by atoms with van der Waals surface area (Å²) in [5.41, 5.74) is 0.801. The fourth-order valence-corrected chi connectivity index (χ4v) is 3.85. The molecule has 224 valence electrons. The fourth-order valence-electron chi connectivity index (χ4n) is 3.85. The summed E-state index contributed by atoms with van der Waals surface area (Å²) >= 11 is 0. The highest BCUT2D eigenvalue weighted by Gasteiger charge is 2.35. The first-order valence-electron chi connectivity index (χ1n) is 13.7. The summed E-state index contributed by atoms with van der Waals surface area (Å²) in [6.07, 6.45) is -0.759. The number of hydrogen-bond donors (Lipinski definition) is 4. The molecule has 0 aliphatic carbocycles. The molecule has 1 aromatic carbocycles. The van der Waals surface area contributed by atoms with Crippen LogP contribution in [0.5, 0.6) is 0 Å². The Bertz CT molecular complexity index is 995. The van der Waals surface area contributed by atoms with E-state index in [9.17, 15) is 24.0 Å². The summed E-state index contributed by atoms with van der Waals surface area (Å²) in [7, 11) is 1.24. The van der Waals surface area contributed by atoms with Gasteiger partial charge in [0.2, 0.25) is 17.7 Å². The molecule has 0 aliphatic heterocycles. The summed E-state index contributed by atoms with van der Waals surface area (Å²) in [4.78, 5) is 64.1. The standard InChI is InChI=1S/C29H46N4O7/c1-16(2)21(25(34)30-22(17(3)4)26(35)32-24(19(7)8)28(37)39-9)31-27(36)23(18(5)6)33-29(38)40-15-20-13-11-10-12-14-20/h10-14,16-19,21-24H,15H2,1-9H3,(H,30,34)(H,31,36)(H,32,35)(H,33,38)/t21-,22-,23-,24-/m0/s1. The van der Waals surface area contributed by atoms with Crippen molar-refractivity contribution < 1.29 is 33.4 Å². The third kappa shape index (κ3) is 10.9. The lowest BCUT2D eigenvalue weighted by atomic mass is 9.97. The van der Waals surface area contributed by atoms with Gasteiger partial charge in [-0.05, 0) is 29.2 Å². The van der Waals surface area contributed by atoms with E-state index in [1.54, 1.807) is 55.4 Å². The van der Waals surface area contributed by atoms with Crippen molar-refractivity contribution in [2.24, 2.45) is 23.7 Å². The number of alkyl carbamates (subject to hydrolysis) is 1. The highest BCUT2D eigenvalue weighted by atomic mass is 16.5. The minimum Gasteiger partial charge on any atom is -0.467 e. The minimum atomic E-state index is -0.994. The van der Waals surface area contributed by atoms with Crippen LogP contribution in [0.15, 0.2) is 30.3 Å². The second kappa shape index (κ2) is 16.5. The first-order chi connectivity index (χ1) is 18.7. The maximum absolute atomic E-state index is 13.3. The van der Waals surface area contributed by atoms with Crippen LogP contribution in [0.2, 0.25) is 0 Å². The van der Waals surface area contributed by atoms with Crippen LogP contribution >= 0.6 is 0 Å². The van der Waals surface area contributed by atoms with Gasteiger partial charge in [0.25, 0.3) is 0 Å². The Labute approximate surface area is 237 Å². The van der Waals surface area contributed by atoms with Crippen molar-refractivity contribution in [3.8, 4) is 0 Å². The summed E-state index contributed by atoms with van der Waals surface area (Å²) in [5, 5.41) is 10.7. The Morgan fingerprint density at radius 2 is 0.975 bits per heavy atom. The van der Waals surface area contributed by atoms with Crippen LogP contribution in [0.3, 0.4) is 0 Å². The third-order valence-corrected chi connectivity index (χ3v) is 6.35. The van der Waals surface area contributed by atoms with Gasteiger partial charge in [-0.3, -0.25) is 14.4 Å². The van der Waals surface area contributed by atoms with E-state index in [4.69, 9.17) is 9.47 Å². The monoisotopic (exact) mass is 562 g/mol. The molecule has 0 saturated carbocycles. The highest BCUT2D eigenvalue weighted by Crippen LogP contribution is 2.11. The Morgan fingerprint density at radius 1 is 0.600 bits per heavy atom. The molecule has 1 rings (SSSR count). The molecular weight excluding hydrogens is 516 g/mol. The van der Waals surface area contributed by atoms with Crippen LogP contribution in [-0.4, -0.2) is 61.1 Å². The first kappa shape index (κ1) is 34.4. The number of carbonyl (C=O) groups excluding carboxylic acids is 5. The van der Waals surface area contributed by atoms with Crippen LogP contribution < -0.4 is 21.3 Å². The molecule has 4 N–H and O–H groups in total. The predicted octanol–water partition coefficient (Wildman–Crippen LogP) is 2.53. The quantitative estimate of drug-likeness (QED) is 0.254. The van der Waals surface area contributed by atoms with E-state index in [2.05, 4.69) is 21.3 Å². The van der Waals surface area contributed by atoms with Crippen molar-refractivity contribution in [3.05, 3.63) is 35.9 Å². The molecule has 0 aliphatic rings. The van der Waals surface area contributed by atoms with E-state index in [0.717, 1.165) is 5.56 Å². The Kier molecular flexibility index (Phi) is 14.2. The minimum absolute atomic E-state index is 0.0441. The number of nitrogens with one attached hydrogen (secondary N) is 4. The largest absolute Gasteiger partial charge is 0.467 e. The second-order valence-corrected chi connectivity index (χ2v) is 11.1. The van der Waals surface area contributed by atoms with Gasteiger partial charge in [-0.15, -0.1) is 0 Å². The molecular formula is C29H46N4O7. The topological polar surface area (TPSA) is 152 Å². The average Bonchev–Trinajstić information content (AvgIpc) is 2.89. The van der Waals surface area contributed by atoms with Crippen molar-refractivity contribution in [3.63, 3.8) is 0 Å². The van der Waals surface area contributed by atoms with Crippen molar-refractivity contribution in [1.82, 2.24) is 21.3 Å². The maximum atomic E-state index is 13.3. The molecule has 0 heterocycles. The summed E-state index contributed by atoms with van der Waals surface area (Å²) < 4.78 is 10.0. The van der Waals surface area contributed by atoms with E-state index in [1.807, 2.05) is 30.3 Å². The van der Waals surface area contributed by atoms with Gasteiger partial charge in [0.15, 0.2) is 0 Å². The number of methoxy groups -OCH3 is 1. The number of esters is 1. The van der Waals surface area contributed by atoms with E-state index < -0.39 is 54.0 Å². The van der Waals surface area contributed by atoms with Gasteiger partial charge in [0.1, 0.15) is 30.8 Å². The molecule has 4 atom stereocenters. The summed E-state index contributed by atoms with van der Waals surface area (Å²) in [5.74, 6) is -3.44. The molecule has 4 amide bonds. The molecule has 0 bridgehead atoms. The summed E-state index contributed by atoms with van der Waals surface area (Å²) in [6, 6.07) is 5.33. The first-order valence-corrected chi connectivity index (χ1v) is 13.7. The number of hydrogen-bond acceptors (Lipinski definition) is 7. The lowest BCUT2D eigenvalue weighted by Crippen LogP contribution is -2.61. The molecule has 11 heteroatoms. The van der Waals surface area contributed by atoms with Crippen LogP contribution in [-0.2, 0) is 35.3 Å². The third-order valence-electron chi connectivity index (χ3n) is 6.35. The Morgan fingerprint density at radius 3 is 1.35 bits per heavy atom. The van der Waals surface area contributed by atoms with Gasteiger partial charge < -0.3 is 30.7 Å². The van der Waals surface area contributed by atoms with Crippen molar-refractivity contribution in [2.75, 3.05) is 7.11 Å². The number of rotatable bonds is 14. The Balaban J connectivity index is 2.94. The molecule has 1 aromatic rings. The molecule has 0 saturated heterocycles. The van der Waals surface area contributed by atoms with Crippen LogP contribution in [0.1, 0.15) is 61.0 Å². The van der Waals surface area contributed by atoms with Gasteiger partial charge in [-0.2, -0.15) is 0 Å². The number of amides is 4. The molecule has 0 unspecified atom stereocenters. The predicted molar refractivity (Wildman–Crippen MR) is 151 cm³/mol. The van der Waals surface area contributed by atoms with Gasteiger partial charge in [0, 0.05) is 0 Å². The molecule has 40 heavy (non-hydrogen) atoms. The second-order valence-electron chi connectivity index (χ2n) is 11.1. The lowest BCUT2D eigenvalue weighted by Gasteiger charge is -2.30. The van der Waals surface area contributed by atoms with E-state index in [0.29, 0.717) is 0 Å². The van der Waals surface area contributed by atoms with E-state index in [-0.39, 0.29) is 30.3 Å². The van der Waals surface area contributed by atoms with Gasteiger partial charge in [0.05, 0.1) is 7.11 Å². The van der Waals surface area contributed by atoms with E-state index in [1.165, 1.54) is 7.11 Å². The van der Waals surface area contributed by atoms with E-state index >= 15 is 0 Å². The highest BCUT2D eigenvalue weighted by molar-refractivity contribution is 5.95. The van der Waals surface area contributed by atoms with Crippen molar-refractivity contribution >= 4 is 29.8 Å². The number of benzene rings is 1. The van der Waals surface area contributed by atoms with Gasteiger partial charge in [-0.25, -0.2) is 9.59 Å². The number of ether oxygens (including phenoxy) is 2. The lowest BCUT2D eigenvalue weighted by molar-refractivity contribution is -0.147. The average molecular weight is 563 g/mol. The SMILES string of the molecule is COC(=O)[C@@H](NC(=O)[C@@H](NC(=O)[C@@H](NC(=O)[C@@H](NC(=O)OCc1ccccc1)C(C)C)C(C)C)C(C)C)C(C)C. The van der Waals surface area contributed by atoms with Crippen LogP contribution in [0.4, 0.5) is 4.79 Å². The molecule has 11 nitrogen and oxygen atoms in total. The molecule has 0 radical (unpaired) electrons. The summed E-state index contributed by atoms with van der Waals surface area (Å²) in [6.45, 7) is 14.1. The molecule has 0 aromatic heterocycles. The molecule has 0 fully saturated rings. The van der Waals surface area contributed by atoms with Crippen LogP contribution in [0.25, 0.3) is 0 Å². The smallest absolute Gasteiger partial charge is 0.408 e. The van der Waals surface area contributed by atoms with Gasteiger partial charge >= 0.3 is 12.1 Å². The zero-order chi connectivity index (χ0) is 30.6. The fraction of sp³-hybridized carbons (Fsp3) is 0.621. The zero-order valence-corrected chi connectivity index (χ0v) is 25.1. The zero-order valence-electron chi connectivity index (χ0n) is 25.1. The normalized spacial score (nSPS) is 14.2. The van der Waals surface area contributed by atoms with Crippen LogP contribution in [0, 0.1) is 23.7 Å². The van der Waals surface area contributed by atoms with Crippen molar-refractivity contribution in [1.29, 1.82) is 0 Å². The number of carbonyl (C=O) groups is 5.